The molecule has 7 heteroatoms. The van der Waals surface area contributed by atoms with Gasteiger partial charge in [-0.15, -0.1) is 0 Å². The summed E-state index contributed by atoms with van der Waals surface area (Å²) in [5, 5.41) is 9.76. The number of nitrogens with zero attached hydrogens (tertiary/aromatic N) is 3. The molecule has 0 unspecified atom stereocenters. The minimum absolute atomic E-state index is 0.0367. The Labute approximate surface area is 146 Å². The standard InChI is InChI=1S/C17H22ClN3O3/c18-14-1-3-15(4-2-14)19-9-11-21(12-10-19)17(24)20-7-5-13(6-8-20)16(22)23/h1-4,13H,5-12H2,(H,22,23). The van der Waals surface area contributed by atoms with Gasteiger partial charge in [0, 0.05) is 50.0 Å². The minimum Gasteiger partial charge on any atom is -0.481 e. The Kier molecular flexibility index (Phi) is 5.14. The Morgan fingerprint density at radius 3 is 2.00 bits per heavy atom. The number of halogens is 1. The number of urea groups is 1. The molecule has 0 aromatic heterocycles. The van der Waals surface area contributed by atoms with E-state index in [2.05, 4.69) is 4.90 Å². The first-order chi connectivity index (χ1) is 11.5. The van der Waals surface area contributed by atoms with E-state index >= 15 is 0 Å². The summed E-state index contributed by atoms with van der Waals surface area (Å²) in [7, 11) is 0. The van der Waals surface area contributed by atoms with Gasteiger partial charge in [-0.05, 0) is 37.1 Å². The molecule has 0 radical (unpaired) electrons. The van der Waals surface area contributed by atoms with Crippen LogP contribution in [0.1, 0.15) is 12.8 Å². The van der Waals surface area contributed by atoms with E-state index in [1.165, 1.54) is 0 Å². The van der Waals surface area contributed by atoms with Crippen molar-refractivity contribution >= 4 is 29.3 Å². The average Bonchev–Trinajstić information content (AvgIpc) is 2.62. The van der Waals surface area contributed by atoms with Crippen LogP contribution in [-0.4, -0.2) is 66.2 Å². The number of anilines is 1. The fraction of sp³-hybridized carbons (Fsp3) is 0.529. The number of hydrogen-bond donors (Lipinski definition) is 1. The molecule has 2 aliphatic rings. The highest BCUT2D eigenvalue weighted by molar-refractivity contribution is 6.30. The first-order valence-corrected chi connectivity index (χ1v) is 8.69. The molecule has 0 saturated carbocycles. The van der Waals surface area contributed by atoms with E-state index < -0.39 is 5.97 Å². The van der Waals surface area contributed by atoms with Crippen molar-refractivity contribution in [2.45, 2.75) is 12.8 Å². The van der Waals surface area contributed by atoms with Crippen molar-refractivity contribution in [3.05, 3.63) is 29.3 Å². The summed E-state index contributed by atoms with van der Waals surface area (Å²) in [6.07, 6.45) is 1.09. The second-order valence-electron chi connectivity index (χ2n) is 6.33. The number of carboxylic acids is 1. The fourth-order valence-corrected chi connectivity index (χ4v) is 3.45. The van der Waals surface area contributed by atoms with Gasteiger partial charge in [0.1, 0.15) is 0 Å². The Hall–Kier alpha value is -1.95. The Balaban J connectivity index is 1.50. The highest BCUT2D eigenvalue weighted by atomic mass is 35.5. The monoisotopic (exact) mass is 351 g/mol. The molecular formula is C17H22ClN3O3. The number of piperazine rings is 1. The number of carboxylic acid groups (broad SMARTS) is 1. The molecule has 0 spiro atoms. The second-order valence-corrected chi connectivity index (χ2v) is 6.77. The van der Waals surface area contributed by atoms with Crippen molar-refractivity contribution in [2.24, 2.45) is 5.92 Å². The van der Waals surface area contributed by atoms with E-state index in [4.69, 9.17) is 16.7 Å². The summed E-state index contributed by atoms with van der Waals surface area (Å²) < 4.78 is 0. The van der Waals surface area contributed by atoms with E-state index in [-0.39, 0.29) is 11.9 Å². The zero-order valence-electron chi connectivity index (χ0n) is 13.5. The second kappa shape index (κ2) is 7.30. The predicted molar refractivity (Wildman–Crippen MR) is 92.6 cm³/mol. The van der Waals surface area contributed by atoms with Crippen molar-refractivity contribution in [1.82, 2.24) is 9.80 Å². The topological polar surface area (TPSA) is 64.1 Å². The number of rotatable bonds is 2. The molecule has 2 saturated heterocycles. The molecule has 2 amide bonds. The summed E-state index contributed by atoms with van der Waals surface area (Å²) in [6, 6.07) is 7.78. The third-order valence-corrected chi connectivity index (χ3v) is 5.11. The number of aliphatic carboxylic acids is 1. The number of piperidine rings is 1. The number of likely N-dealkylation sites (tertiary alicyclic amines) is 1. The summed E-state index contributed by atoms with van der Waals surface area (Å²) in [4.78, 5) is 29.5. The van der Waals surface area contributed by atoms with E-state index in [1.54, 1.807) is 4.90 Å². The lowest BCUT2D eigenvalue weighted by Crippen LogP contribution is -2.54. The minimum atomic E-state index is -0.751. The van der Waals surface area contributed by atoms with E-state index in [0.29, 0.717) is 39.0 Å². The third-order valence-electron chi connectivity index (χ3n) is 4.86. The summed E-state index contributed by atoms with van der Waals surface area (Å²) >= 11 is 5.92. The van der Waals surface area contributed by atoms with E-state index in [0.717, 1.165) is 23.8 Å². The van der Waals surface area contributed by atoms with Crippen LogP contribution in [-0.2, 0) is 4.79 Å². The van der Waals surface area contributed by atoms with Crippen molar-refractivity contribution in [3.8, 4) is 0 Å². The number of hydrogen-bond acceptors (Lipinski definition) is 3. The summed E-state index contributed by atoms with van der Waals surface area (Å²) in [5.74, 6) is -1.06. The highest BCUT2D eigenvalue weighted by Crippen LogP contribution is 2.21. The van der Waals surface area contributed by atoms with Gasteiger partial charge in [-0.25, -0.2) is 4.79 Å². The lowest BCUT2D eigenvalue weighted by atomic mass is 9.97. The van der Waals surface area contributed by atoms with Gasteiger partial charge < -0.3 is 19.8 Å². The molecule has 2 fully saturated rings. The van der Waals surface area contributed by atoms with Gasteiger partial charge in [0.15, 0.2) is 0 Å². The van der Waals surface area contributed by atoms with Crippen molar-refractivity contribution in [2.75, 3.05) is 44.2 Å². The van der Waals surface area contributed by atoms with Crippen LogP contribution in [0.3, 0.4) is 0 Å². The molecule has 6 nitrogen and oxygen atoms in total. The third kappa shape index (κ3) is 3.75. The molecular weight excluding hydrogens is 330 g/mol. The Bertz CT molecular complexity index is 592. The lowest BCUT2D eigenvalue weighted by molar-refractivity contribution is -0.143. The summed E-state index contributed by atoms with van der Waals surface area (Å²) in [6.45, 7) is 4.01. The number of amides is 2. The van der Waals surface area contributed by atoms with Gasteiger partial charge in [0.05, 0.1) is 5.92 Å². The van der Waals surface area contributed by atoms with Crippen LogP contribution in [0, 0.1) is 5.92 Å². The quantitative estimate of drug-likeness (QED) is 0.888. The number of carbonyl (C=O) groups is 2. The highest BCUT2D eigenvalue weighted by Gasteiger charge is 2.30. The molecule has 0 bridgehead atoms. The SMILES string of the molecule is O=C(O)C1CCN(C(=O)N2CCN(c3ccc(Cl)cc3)CC2)CC1. The molecule has 1 N–H and O–H groups in total. The molecule has 1 aromatic carbocycles. The van der Waals surface area contributed by atoms with Gasteiger partial charge in [-0.2, -0.15) is 0 Å². The van der Waals surface area contributed by atoms with Crippen LogP contribution in [0.25, 0.3) is 0 Å². The molecule has 130 valence electrons. The zero-order valence-corrected chi connectivity index (χ0v) is 14.3. The van der Waals surface area contributed by atoms with E-state index in [9.17, 15) is 9.59 Å². The first-order valence-electron chi connectivity index (χ1n) is 8.32. The normalized spacial score (nSPS) is 19.5. The van der Waals surface area contributed by atoms with Gasteiger partial charge >= 0.3 is 12.0 Å². The van der Waals surface area contributed by atoms with Crippen LogP contribution >= 0.6 is 11.6 Å². The molecule has 3 rings (SSSR count). The lowest BCUT2D eigenvalue weighted by Gasteiger charge is -2.40. The van der Waals surface area contributed by atoms with Gasteiger partial charge in [-0.1, -0.05) is 11.6 Å². The largest absolute Gasteiger partial charge is 0.481 e. The molecule has 2 heterocycles. The van der Waals surface area contributed by atoms with Crippen LogP contribution in [0.5, 0.6) is 0 Å². The van der Waals surface area contributed by atoms with Gasteiger partial charge in [0.25, 0.3) is 0 Å². The predicted octanol–water partition coefficient (Wildman–Crippen LogP) is 2.38. The maximum absolute atomic E-state index is 12.6. The molecule has 1 aromatic rings. The van der Waals surface area contributed by atoms with Gasteiger partial charge in [0.2, 0.25) is 0 Å². The van der Waals surface area contributed by atoms with Crippen LogP contribution in [0.2, 0.25) is 5.02 Å². The van der Waals surface area contributed by atoms with Crippen molar-refractivity contribution in [1.29, 1.82) is 0 Å². The smallest absolute Gasteiger partial charge is 0.320 e. The number of benzene rings is 1. The zero-order chi connectivity index (χ0) is 17.1. The van der Waals surface area contributed by atoms with Crippen LogP contribution < -0.4 is 4.90 Å². The summed E-state index contributed by atoms with van der Waals surface area (Å²) in [5.41, 5.74) is 1.12. The van der Waals surface area contributed by atoms with Crippen molar-refractivity contribution in [3.63, 3.8) is 0 Å². The first kappa shape index (κ1) is 16.9. The Morgan fingerprint density at radius 1 is 0.917 bits per heavy atom. The number of carbonyl (C=O) groups excluding carboxylic acids is 1. The molecule has 2 aliphatic heterocycles. The van der Waals surface area contributed by atoms with Gasteiger partial charge in [-0.3, -0.25) is 4.79 Å². The van der Waals surface area contributed by atoms with Crippen LogP contribution in [0.4, 0.5) is 10.5 Å². The van der Waals surface area contributed by atoms with Crippen molar-refractivity contribution < 1.29 is 14.7 Å². The maximum Gasteiger partial charge on any atom is 0.320 e. The van der Waals surface area contributed by atoms with Crippen LogP contribution in [0.15, 0.2) is 24.3 Å². The maximum atomic E-state index is 12.6. The fourth-order valence-electron chi connectivity index (χ4n) is 3.33. The average molecular weight is 352 g/mol. The molecule has 24 heavy (non-hydrogen) atoms. The molecule has 0 atom stereocenters. The Morgan fingerprint density at radius 2 is 1.46 bits per heavy atom. The molecule has 0 aliphatic carbocycles. The van der Waals surface area contributed by atoms with E-state index in [1.807, 2.05) is 29.2 Å².